The Morgan fingerprint density at radius 2 is 1.61 bits per heavy atom. The maximum atomic E-state index is 13.3. The molecule has 0 fully saturated rings. The van der Waals surface area contributed by atoms with Crippen LogP contribution in [0.4, 0.5) is 4.39 Å². The van der Waals surface area contributed by atoms with Gasteiger partial charge in [0, 0.05) is 42.2 Å². The van der Waals surface area contributed by atoms with Gasteiger partial charge in [-0.15, -0.1) is 0 Å². The van der Waals surface area contributed by atoms with Crippen LogP contribution in [0, 0.1) is 5.82 Å². The highest BCUT2D eigenvalue weighted by Gasteiger charge is 2.18. The third-order valence-electron chi connectivity index (χ3n) is 4.03. The summed E-state index contributed by atoms with van der Waals surface area (Å²) in [5.74, 6) is -0.238. The minimum Gasteiger partial charge on any atom is -0.328 e. The van der Waals surface area contributed by atoms with E-state index in [1.54, 1.807) is 18.6 Å². The molecule has 23 heavy (non-hydrogen) atoms. The Kier molecular flexibility index (Phi) is 3.15. The van der Waals surface area contributed by atoms with E-state index in [-0.39, 0.29) is 5.82 Å². The Bertz CT molecular complexity index is 973. The first-order valence-corrected chi connectivity index (χ1v) is 7.35. The molecule has 0 saturated carbocycles. The molecule has 0 N–H and O–H groups in total. The minimum atomic E-state index is -0.238. The van der Waals surface area contributed by atoms with Gasteiger partial charge < -0.3 is 4.57 Å². The predicted molar refractivity (Wildman–Crippen MR) is 89.3 cm³/mol. The Balaban J connectivity index is 2.10. The van der Waals surface area contributed by atoms with E-state index in [1.807, 2.05) is 43.4 Å². The third-order valence-corrected chi connectivity index (χ3v) is 4.03. The van der Waals surface area contributed by atoms with E-state index in [0.29, 0.717) is 0 Å². The van der Waals surface area contributed by atoms with E-state index in [0.717, 1.165) is 33.4 Å². The minimum absolute atomic E-state index is 0.238. The lowest BCUT2D eigenvalue weighted by atomic mass is 9.99. The highest BCUT2D eigenvalue weighted by atomic mass is 19.1. The normalized spacial score (nSPS) is 11.0. The van der Waals surface area contributed by atoms with E-state index in [9.17, 15) is 4.39 Å². The summed E-state index contributed by atoms with van der Waals surface area (Å²) in [5, 5.41) is 1.05. The molecule has 0 amide bonds. The zero-order chi connectivity index (χ0) is 15.8. The number of benzene rings is 1. The summed E-state index contributed by atoms with van der Waals surface area (Å²) in [7, 11) is 2.00. The van der Waals surface area contributed by atoms with E-state index in [1.165, 1.54) is 12.1 Å². The maximum Gasteiger partial charge on any atom is 0.140 e. The molecular formula is C19H14FN3. The van der Waals surface area contributed by atoms with Crippen molar-refractivity contribution in [1.82, 2.24) is 14.5 Å². The second-order valence-electron chi connectivity index (χ2n) is 5.40. The average Bonchev–Trinajstić information content (AvgIpc) is 2.90. The molecule has 0 atom stereocenters. The van der Waals surface area contributed by atoms with Crippen molar-refractivity contribution in [2.45, 2.75) is 0 Å². The van der Waals surface area contributed by atoms with Gasteiger partial charge in [0.05, 0.1) is 5.69 Å². The van der Waals surface area contributed by atoms with Gasteiger partial charge in [0.15, 0.2) is 0 Å². The number of rotatable bonds is 2. The number of nitrogens with zero attached hydrogens (tertiary/aromatic N) is 3. The molecule has 0 aliphatic carbocycles. The SMILES string of the molecule is Cn1c(-c2ccncc2)c(-c2ccc(F)cc2)c2cccnc21. The van der Waals surface area contributed by atoms with Gasteiger partial charge in [-0.2, -0.15) is 0 Å². The number of hydrogen-bond acceptors (Lipinski definition) is 2. The monoisotopic (exact) mass is 303 g/mol. The molecule has 0 aliphatic heterocycles. The smallest absolute Gasteiger partial charge is 0.140 e. The topological polar surface area (TPSA) is 30.7 Å². The van der Waals surface area contributed by atoms with Gasteiger partial charge in [0.1, 0.15) is 11.5 Å². The summed E-state index contributed by atoms with van der Waals surface area (Å²) in [4.78, 5) is 8.60. The zero-order valence-corrected chi connectivity index (χ0v) is 12.6. The standard InChI is InChI=1S/C19H14FN3/c1-23-18(14-8-11-21-12-9-14)17(13-4-6-15(20)7-5-13)16-3-2-10-22-19(16)23/h2-12H,1H3. The number of halogens is 1. The average molecular weight is 303 g/mol. The van der Waals surface area contributed by atoms with Crippen molar-refractivity contribution in [3.8, 4) is 22.4 Å². The first-order chi connectivity index (χ1) is 11.3. The van der Waals surface area contributed by atoms with Crippen LogP contribution >= 0.6 is 0 Å². The van der Waals surface area contributed by atoms with E-state index < -0.39 is 0 Å². The lowest BCUT2D eigenvalue weighted by Crippen LogP contribution is -1.94. The molecule has 1 aromatic carbocycles. The van der Waals surface area contributed by atoms with Gasteiger partial charge in [-0.1, -0.05) is 12.1 Å². The second kappa shape index (κ2) is 5.32. The largest absolute Gasteiger partial charge is 0.328 e. The Morgan fingerprint density at radius 3 is 2.35 bits per heavy atom. The molecule has 0 bridgehead atoms. The number of fused-ring (bicyclic) bond motifs is 1. The van der Waals surface area contributed by atoms with Crippen LogP contribution in [0.2, 0.25) is 0 Å². The van der Waals surface area contributed by atoms with Crippen LogP contribution in [0.15, 0.2) is 67.1 Å². The summed E-state index contributed by atoms with van der Waals surface area (Å²) in [6.45, 7) is 0. The maximum absolute atomic E-state index is 13.3. The van der Waals surface area contributed by atoms with Crippen LogP contribution in [0.3, 0.4) is 0 Å². The van der Waals surface area contributed by atoms with Gasteiger partial charge in [-0.25, -0.2) is 9.37 Å². The fraction of sp³-hybridized carbons (Fsp3) is 0.0526. The molecule has 0 spiro atoms. The molecule has 0 unspecified atom stereocenters. The summed E-state index contributed by atoms with van der Waals surface area (Å²) >= 11 is 0. The first kappa shape index (κ1) is 13.6. The van der Waals surface area contributed by atoms with E-state index >= 15 is 0 Å². The molecule has 0 radical (unpaired) electrons. The van der Waals surface area contributed by atoms with Crippen molar-refractivity contribution in [3.63, 3.8) is 0 Å². The molecule has 0 aliphatic rings. The molecular weight excluding hydrogens is 289 g/mol. The predicted octanol–water partition coefficient (Wildman–Crippen LogP) is 4.44. The molecule has 3 aromatic heterocycles. The lowest BCUT2D eigenvalue weighted by molar-refractivity contribution is 0.628. The van der Waals surface area contributed by atoms with Gasteiger partial charge >= 0.3 is 0 Å². The van der Waals surface area contributed by atoms with Gasteiger partial charge in [0.2, 0.25) is 0 Å². The Labute approximate surface area is 133 Å². The number of aromatic nitrogens is 3. The fourth-order valence-corrected chi connectivity index (χ4v) is 3.02. The van der Waals surface area contributed by atoms with Crippen LogP contribution < -0.4 is 0 Å². The summed E-state index contributed by atoms with van der Waals surface area (Å²) in [6, 6.07) is 14.5. The molecule has 4 heteroatoms. The number of hydrogen-bond donors (Lipinski definition) is 0. The Morgan fingerprint density at radius 1 is 0.870 bits per heavy atom. The van der Waals surface area contributed by atoms with Gasteiger partial charge in [0.25, 0.3) is 0 Å². The Hall–Kier alpha value is -3.01. The van der Waals surface area contributed by atoms with Gasteiger partial charge in [-0.05, 0) is 42.0 Å². The lowest BCUT2D eigenvalue weighted by Gasteiger charge is -2.08. The van der Waals surface area contributed by atoms with Crippen molar-refractivity contribution in [2.24, 2.45) is 7.05 Å². The third kappa shape index (κ3) is 2.19. The molecule has 3 nitrogen and oxygen atoms in total. The fourth-order valence-electron chi connectivity index (χ4n) is 3.02. The highest BCUT2D eigenvalue weighted by Crippen LogP contribution is 2.39. The van der Waals surface area contributed by atoms with Crippen molar-refractivity contribution in [2.75, 3.05) is 0 Å². The van der Waals surface area contributed by atoms with Crippen LogP contribution in [-0.4, -0.2) is 14.5 Å². The van der Waals surface area contributed by atoms with E-state index in [4.69, 9.17) is 0 Å². The molecule has 3 heterocycles. The number of pyridine rings is 2. The van der Waals surface area contributed by atoms with Crippen molar-refractivity contribution >= 4 is 11.0 Å². The van der Waals surface area contributed by atoms with Crippen LogP contribution in [-0.2, 0) is 7.05 Å². The van der Waals surface area contributed by atoms with Crippen molar-refractivity contribution in [1.29, 1.82) is 0 Å². The van der Waals surface area contributed by atoms with Crippen LogP contribution in [0.1, 0.15) is 0 Å². The molecule has 0 saturated heterocycles. The second-order valence-corrected chi connectivity index (χ2v) is 5.40. The van der Waals surface area contributed by atoms with Crippen LogP contribution in [0.25, 0.3) is 33.4 Å². The van der Waals surface area contributed by atoms with E-state index in [2.05, 4.69) is 14.5 Å². The summed E-state index contributed by atoms with van der Waals surface area (Å²) < 4.78 is 15.4. The van der Waals surface area contributed by atoms with Gasteiger partial charge in [-0.3, -0.25) is 4.98 Å². The molecule has 4 aromatic rings. The highest BCUT2D eigenvalue weighted by molar-refractivity contribution is 6.02. The summed E-state index contributed by atoms with van der Waals surface area (Å²) in [6.07, 6.45) is 5.33. The summed E-state index contributed by atoms with van der Waals surface area (Å²) in [5.41, 5.74) is 5.03. The first-order valence-electron chi connectivity index (χ1n) is 7.35. The van der Waals surface area contributed by atoms with Crippen LogP contribution in [0.5, 0.6) is 0 Å². The molecule has 112 valence electrons. The van der Waals surface area contributed by atoms with Crippen molar-refractivity contribution in [3.05, 3.63) is 72.9 Å². The number of aryl methyl sites for hydroxylation is 1. The van der Waals surface area contributed by atoms with Crippen molar-refractivity contribution < 1.29 is 4.39 Å². The zero-order valence-electron chi connectivity index (χ0n) is 12.6. The molecule has 4 rings (SSSR count). The quantitative estimate of drug-likeness (QED) is 0.548.